The third-order valence-electron chi connectivity index (χ3n) is 3.81. The van der Waals surface area contributed by atoms with E-state index in [1.54, 1.807) is 12.1 Å². The maximum Gasteiger partial charge on any atom is 0.254 e. The molecule has 0 aromatic heterocycles. The highest BCUT2D eigenvalue weighted by atomic mass is 16.3. The number of nitrogen functional groups attached to an aromatic ring is 1. The van der Waals surface area contributed by atoms with E-state index in [9.17, 15) is 4.79 Å². The van der Waals surface area contributed by atoms with E-state index in [1.165, 1.54) is 6.42 Å². The van der Waals surface area contributed by atoms with Gasteiger partial charge in [-0.25, -0.2) is 0 Å². The van der Waals surface area contributed by atoms with Crippen LogP contribution in [0.5, 0.6) is 0 Å². The van der Waals surface area contributed by atoms with Crippen molar-refractivity contribution in [3.05, 3.63) is 29.3 Å². The van der Waals surface area contributed by atoms with Crippen LogP contribution in [0.2, 0.25) is 0 Å². The first kappa shape index (κ1) is 13.9. The number of aryl methyl sites for hydroxylation is 1. The molecule has 1 fully saturated rings. The Hall–Kier alpha value is -1.55. The van der Waals surface area contributed by atoms with Crippen LogP contribution < -0.4 is 5.73 Å². The van der Waals surface area contributed by atoms with Crippen molar-refractivity contribution in [2.75, 3.05) is 18.9 Å². The zero-order valence-corrected chi connectivity index (χ0v) is 11.4. The standard InChI is InChI=1S/C15H22N2O2/c1-11-10-12(16)6-7-14(11)15(19)17(8-3-9-18)13-4-2-5-13/h6-7,10,13,18H,2-5,8-9,16H2,1H3. The predicted molar refractivity (Wildman–Crippen MR) is 76.0 cm³/mol. The smallest absolute Gasteiger partial charge is 0.254 e. The summed E-state index contributed by atoms with van der Waals surface area (Å²) in [6.45, 7) is 2.66. The van der Waals surface area contributed by atoms with E-state index in [-0.39, 0.29) is 12.5 Å². The number of nitrogens with two attached hydrogens (primary N) is 1. The van der Waals surface area contributed by atoms with Gasteiger partial charge in [0.25, 0.3) is 5.91 Å². The van der Waals surface area contributed by atoms with E-state index in [1.807, 2.05) is 17.9 Å². The van der Waals surface area contributed by atoms with Crippen molar-refractivity contribution in [1.82, 2.24) is 4.90 Å². The van der Waals surface area contributed by atoms with Gasteiger partial charge in [-0.15, -0.1) is 0 Å². The van der Waals surface area contributed by atoms with Gasteiger partial charge in [-0.05, 0) is 56.4 Å². The Balaban J connectivity index is 2.17. The van der Waals surface area contributed by atoms with Crippen molar-refractivity contribution in [3.8, 4) is 0 Å². The molecule has 0 radical (unpaired) electrons. The van der Waals surface area contributed by atoms with E-state index in [4.69, 9.17) is 10.8 Å². The van der Waals surface area contributed by atoms with E-state index < -0.39 is 0 Å². The first-order valence-electron chi connectivity index (χ1n) is 6.91. The molecule has 1 amide bonds. The molecule has 1 aliphatic rings. The van der Waals surface area contributed by atoms with Crippen molar-refractivity contribution < 1.29 is 9.90 Å². The molecule has 1 aromatic rings. The molecule has 0 atom stereocenters. The third kappa shape index (κ3) is 3.07. The van der Waals surface area contributed by atoms with Gasteiger partial charge in [-0.3, -0.25) is 4.79 Å². The summed E-state index contributed by atoms with van der Waals surface area (Å²) in [5.41, 5.74) is 8.04. The number of carbonyl (C=O) groups excluding carboxylic acids is 1. The van der Waals surface area contributed by atoms with Gasteiger partial charge in [0, 0.05) is 30.4 Å². The van der Waals surface area contributed by atoms with Crippen molar-refractivity contribution in [2.45, 2.75) is 38.6 Å². The van der Waals surface area contributed by atoms with Crippen LogP contribution in [0.15, 0.2) is 18.2 Å². The van der Waals surface area contributed by atoms with Crippen molar-refractivity contribution >= 4 is 11.6 Å². The molecule has 2 rings (SSSR count). The second kappa shape index (κ2) is 6.06. The molecule has 0 unspecified atom stereocenters. The summed E-state index contributed by atoms with van der Waals surface area (Å²) >= 11 is 0. The molecule has 0 heterocycles. The summed E-state index contributed by atoms with van der Waals surface area (Å²) in [7, 11) is 0. The molecule has 4 nitrogen and oxygen atoms in total. The van der Waals surface area contributed by atoms with Gasteiger partial charge in [-0.1, -0.05) is 0 Å². The van der Waals surface area contributed by atoms with Gasteiger partial charge in [0.05, 0.1) is 0 Å². The Morgan fingerprint density at radius 1 is 1.47 bits per heavy atom. The van der Waals surface area contributed by atoms with Crippen LogP contribution in [-0.2, 0) is 0 Å². The number of hydrogen-bond donors (Lipinski definition) is 2. The van der Waals surface area contributed by atoms with E-state index in [0.29, 0.717) is 24.7 Å². The summed E-state index contributed by atoms with van der Waals surface area (Å²) in [5, 5.41) is 8.98. The Morgan fingerprint density at radius 2 is 2.21 bits per heavy atom. The number of hydrogen-bond acceptors (Lipinski definition) is 3. The number of nitrogens with zero attached hydrogens (tertiary/aromatic N) is 1. The topological polar surface area (TPSA) is 66.6 Å². The molecule has 3 N–H and O–H groups in total. The van der Waals surface area contributed by atoms with Crippen LogP contribution in [0, 0.1) is 6.92 Å². The Kier molecular flexibility index (Phi) is 4.43. The van der Waals surface area contributed by atoms with Gasteiger partial charge in [0.2, 0.25) is 0 Å². The zero-order valence-electron chi connectivity index (χ0n) is 11.4. The number of benzene rings is 1. The lowest BCUT2D eigenvalue weighted by Crippen LogP contribution is -2.45. The summed E-state index contributed by atoms with van der Waals surface area (Å²) < 4.78 is 0. The second-order valence-corrected chi connectivity index (χ2v) is 5.23. The van der Waals surface area contributed by atoms with Crippen molar-refractivity contribution in [3.63, 3.8) is 0 Å². The normalized spacial score (nSPS) is 15.1. The summed E-state index contributed by atoms with van der Waals surface area (Å²) in [6.07, 6.45) is 3.97. The Labute approximate surface area is 114 Å². The van der Waals surface area contributed by atoms with Gasteiger partial charge in [-0.2, -0.15) is 0 Å². The van der Waals surface area contributed by atoms with E-state index in [0.717, 1.165) is 24.0 Å². The lowest BCUT2D eigenvalue weighted by atomic mass is 9.90. The molecule has 0 saturated heterocycles. The lowest BCUT2D eigenvalue weighted by molar-refractivity contribution is 0.0562. The largest absolute Gasteiger partial charge is 0.399 e. The molecule has 1 saturated carbocycles. The fourth-order valence-electron chi connectivity index (χ4n) is 2.47. The van der Waals surface area contributed by atoms with Crippen LogP contribution in [0.1, 0.15) is 41.6 Å². The third-order valence-corrected chi connectivity index (χ3v) is 3.81. The number of aliphatic hydroxyl groups excluding tert-OH is 1. The minimum atomic E-state index is 0.0654. The highest BCUT2D eigenvalue weighted by Gasteiger charge is 2.29. The van der Waals surface area contributed by atoms with Crippen molar-refractivity contribution in [1.29, 1.82) is 0 Å². The molecule has 1 aromatic carbocycles. The zero-order chi connectivity index (χ0) is 13.8. The molecule has 19 heavy (non-hydrogen) atoms. The SMILES string of the molecule is Cc1cc(N)ccc1C(=O)N(CCCO)C1CCC1. The molecule has 104 valence electrons. The molecule has 4 heteroatoms. The quantitative estimate of drug-likeness (QED) is 0.797. The summed E-state index contributed by atoms with van der Waals surface area (Å²) in [4.78, 5) is 14.5. The van der Waals surface area contributed by atoms with Gasteiger partial charge >= 0.3 is 0 Å². The average Bonchev–Trinajstić information content (AvgIpc) is 2.31. The van der Waals surface area contributed by atoms with Crippen LogP contribution in [-0.4, -0.2) is 35.1 Å². The maximum absolute atomic E-state index is 12.6. The van der Waals surface area contributed by atoms with Gasteiger partial charge < -0.3 is 15.7 Å². The second-order valence-electron chi connectivity index (χ2n) is 5.23. The van der Waals surface area contributed by atoms with Gasteiger partial charge in [0.15, 0.2) is 0 Å². The number of carbonyl (C=O) groups is 1. The fraction of sp³-hybridized carbons (Fsp3) is 0.533. The summed E-state index contributed by atoms with van der Waals surface area (Å²) in [5.74, 6) is 0.0654. The lowest BCUT2D eigenvalue weighted by Gasteiger charge is -2.38. The molecular formula is C15H22N2O2. The number of amides is 1. The fourth-order valence-corrected chi connectivity index (χ4v) is 2.47. The average molecular weight is 262 g/mol. The van der Waals surface area contributed by atoms with Crippen LogP contribution in [0.25, 0.3) is 0 Å². The van der Waals surface area contributed by atoms with E-state index in [2.05, 4.69) is 0 Å². The van der Waals surface area contributed by atoms with Gasteiger partial charge in [0.1, 0.15) is 0 Å². The first-order valence-corrected chi connectivity index (χ1v) is 6.91. The first-order chi connectivity index (χ1) is 9.13. The minimum absolute atomic E-state index is 0.0654. The van der Waals surface area contributed by atoms with E-state index >= 15 is 0 Å². The monoisotopic (exact) mass is 262 g/mol. The van der Waals surface area contributed by atoms with Crippen molar-refractivity contribution in [2.24, 2.45) is 0 Å². The molecule has 0 spiro atoms. The molecule has 0 aliphatic heterocycles. The molecule has 0 bridgehead atoms. The molecule has 1 aliphatic carbocycles. The number of rotatable bonds is 5. The number of anilines is 1. The van der Waals surface area contributed by atoms with Crippen LogP contribution in [0.4, 0.5) is 5.69 Å². The van der Waals surface area contributed by atoms with Crippen LogP contribution >= 0.6 is 0 Å². The number of aliphatic hydroxyl groups is 1. The highest BCUT2D eigenvalue weighted by Crippen LogP contribution is 2.27. The minimum Gasteiger partial charge on any atom is -0.399 e. The summed E-state index contributed by atoms with van der Waals surface area (Å²) in [6, 6.07) is 5.75. The maximum atomic E-state index is 12.6. The highest BCUT2D eigenvalue weighted by molar-refractivity contribution is 5.96. The molecular weight excluding hydrogens is 240 g/mol. The Morgan fingerprint density at radius 3 is 2.74 bits per heavy atom. The predicted octanol–water partition coefficient (Wildman–Crippen LogP) is 1.95. The Bertz CT molecular complexity index is 455. The van der Waals surface area contributed by atoms with Crippen LogP contribution in [0.3, 0.4) is 0 Å².